The highest BCUT2D eigenvalue weighted by Crippen LogP contribution is 2.24. The van der Waals surface area contributed by atoms with Gasteiger partial charge in [0.2, 0.25) is 11.8 Å². The van der Waals surface area contributed by atoms with Crippen LogP contribution >= 0.6 is 0 Å². The zero-order valence-electron chi connectivity index (χ0n) is 15.7. The number of nitrogens with two attached hydrogens (primary N) is 2. The van der Waals surface area contributed by atoms with E-state index in [1.54, 1.807) is 48.5 Å². The Balaban J connectivity index is 2.35. The molecule has 2 aromatic rings. The third kappa shape index (κ3) is 5.08. The van der Waals surface area contributed by atoms with Crippen molar-refractivity contribution in [3.8, 4) is 5.75 Å². The molecule has 0 aliphatic rings. The SMILES string of the molecule is CCC(C)C(C(N)=O)N(C(=O)C(N)Cc1ccc(O)cc1)c1ccccc1. The first-order chi connectivity index (χ1) is 12.8. The molecule has 6 nitrogen and oxygen atoms in total. The molecule has 5 N–H and O–H groups in total. The van der Waals surface area contributed by atoms with Gasteiger partial charge in [-0.25, -0.2) is 0 Å². The Morgan fingerprint density at radius 2 is 1.67 bits per heavy atom. The maximum atomic E-state index is 13.2. The first-order valence-electron chi connectivity index (χ1n) is 9.06. The number of primary amides is 1. The van der Waals surface area contributed by atoms with Crippen molar-refractivity contribution in [2.45, 2.75) is 38.8 Å². The van der Waals surface area contributed by atoms with Crippen LogP contribution in [-0.2, 0) is 16.0 Å². The minimum absolute atomic E-state index is 0.118. The van der Waals surface area contributed by atoms with E-state index in [0.29, 0.717) is 12.1 Å². The van der Waals surface area contributed by atoms with E-state index in [0.717, 1.165) is 5.56 Å². The van der Waals surface area contributed by atoms with Crippen molar-refractivity contribution in [3.05, 3.63) is 60.2 Å². The molecule has 2 amide bonds. The molecular formula is C21H27N3O3. The molecule has 144 valence electrons. The number of rotatable bonds is 8. The molecule has 0 bridgehead atoms. The van der Waals surface area contributed by atoms with Crippen molar-refractivity contribution < 1.29 is 14.7 Å². The predicted octanol–water partition coefficient (Wildman–Crippen LogP) is 2.20. The van der Waals surface area contributed by atoms with Gasteiger partial charge in [0.25, 0.3) is 0 Å². The maximum absolute atomic E-state index is 13.2. The van der Waals surface area contributed by atoms with Crippen LogP contribution in [0.15, 0.2) is 54.6 Å². The van der Waals surface area contributed by atoms with Gasteiger partial charge in [0.05, 0.1) is 6.04 Å². The fraction of sp³-hybridized carbons (Fsp3) is 0.333. The average Bonchev–Trinajstić information content (AvgIpc) is 2.67. The number of nitrogens with zero attached hydrogens (tertiary/aromatic N) is 1. The van der Waals surface area contributed by atoms with Gasteiger partial charge in [0.15, 0.2) is 0 Å². The number of amides is 2. The molecule has 3 atom stereocenters. The van der Waals surface area contributed by atoms with Gasteiger partial charge in [0, 0.05) is 5.69 Å². The molecule has 6 heteroatoms. The van der Waals surface area contributed by atoms with Gasteiger partial charge in [-0.05, 0) is 42.2 Å². The van der Waals surface area contributed by atoms with Gasteiger partial charge in [-0.15, -0.1) is 0 Å². The van der Waals surface area contributed by atoms with E-state index < -0.39 is 18.0 Å². The van der Waals surface area contributed by atoms with Gasteiger partial charge in [-0.1, -0.05) is 50.6 Å². The first-order valence-corrected chi connectivity index (χ1v) is 9.06. The molecule has 0 spiro atoms. The Morgan fingerprint density at radius 3 is 2.19 bits per heavy atom. The fourth-order valence-corrected chi connectivity index (χ4v) is 3.05. The number of carbonyl (C=O) groups excluding carboxylic acids is 2. The molecule has 0 radical (unpaired) electrons. The molecule has 0 aliphatic heterocycles. The molecule has 0 heterocycles. The van der Waals surface area contributed by atoms with E-state index in [2.05, 4.69) is 0 Å². The number of benzene rings is 2. The van der Waals surface area contributed by atoms with Crippen LogP contribution in [0.4, 0.5) is 5.69 Å². The van der Waals surface area contributed by atoms with Crippen LogP contribution in [0.3, 0.4) is 0 Å². The van der Waals surface area contributed by atoms with Crippen LogP contribution < -0.4 is 16.4 Å². The highest BCUT2D eigenvalue weighted by molar-refractivity contribution is 6.03. The maximum Gasteiger partial charge on any atom is 0.244 e. The number of hydrogen-bond donors (Lipinski definition) is 3. The molecular weight excluding hydrogens is 342 g/mol. The molecule has 2 aromatic carbocycles. The normalized spacial score (nSPS) is 14.2. The summed E-state index contributed by atoms with van der Waals surface area (Å²) in [5, 5.41) is 9.40. The number of carbonyl (C=O) groups is 2. The molecule has 0 aromatic heterocycles. The molecule has 0 saturated heterocycles. The summed E-state index contributed by atoms with van der Waals surface area (Å²) in [4.78, 5) is 26.9. The van der Waals surface area contributed by atoms with E-state index in [-0.39, 0.29) is 24.0 Å². The highest BCUT2D eigenvalue weighted by Gasteiger charge is 2.35. The third-order valence-corrected chi connectivity index (χ3v) is 4.73. The van der Waals surface area contributed by atoms with Crippen LogP contribution in [0.1, 0.15) is 25.8 Å². The lowest BCUT2D eigenvalue weighted by molar-refractivity contribution is -0.126. The first kappa shape index (κ1) is 20.5. The van der Waals surface area contributed by atoms with Crippen LogP contribution in [0.5, 0.6) is 5.75 Å². The van der Waals surface area contributed by atoms with E-state index in [1.165, 1.54) is 4.90 Å². The summed E-state index contributed by atoms with van der Waals surface area (Å²) in [5.41, 5.74) is 13.3. The summed E-state index contributed by atoms with van der Waals surface area (Å²) in [5.74, 6) is -0.889. The Hall–Kier alpha value is -2.86. The van der Waals surface area contributed by atoms with Gasteiger partial charge < -0.3 is 16.6 Å². The zero-order valence-corrected chi connectivity index (χ0v) is 15.7. The number of anilines is 1. The minimum Gasteiger partial charge on any atom is -0.508 e. The van der Waals surface area contributed by atoms with Crippen LogP contribution in [0.2, 0.25) is 0 Å². The van der Waals surface area contributed by atoms with Crippen molar-refractivity contribution in [1.29, 1.82) is 0 Å². The van der Waals surface area contributed by atoms with Gasteiger partial charge in [-0.2, -0.15) is 0 Å². The summed E-state index contributed by atoms with van der Waals surface area (Å²) < 4.78 is 0. The molecule has 0 fully saturated rings. The molecule has 27 heavy (non-hydrogen) atoms. The van der Waals surface area contributed by atoms with Crippen LogP contribution in [-0.4, -0.2) is 29.0 Å². The van der Waals surface area contributed by atoms with Gasteiger partial charge in [-0.3, -0.25) is 14.5 Å². The van der Waals surface area contributed by atoms with Crippen molar-refractivity contribution in [2.75, 3.05) is 4.90 Å². The van der Waals surface area contributed by atoms with Crippen molar-refractivity contribution >= 4 is 17.5 Å². The fourth-order valence-electron chi connectivity index (χ4n) is 3.05. The predicted molar refractivity (Wildman–Crippen MR) is 106 cm³/mol. The van der Waals surface area contributed by atoms with E-state index >= 15 is 0 Å². The zero-order chi connectivity index (χ0) is 20.0. The van der Waals surface area contributed by atoms with Crippen molar-refractivity contribution in [1.82, 2.24) is 0 Å². The monoisotopic (exact) mass is 369 g/mol. The van der Waals surface area contributed by atoms with E-state index in [9.17, 15) is 14.7 Å². The van der Waals surface area contributed by atoms with Gasteiger partial charge >= 0.3 is 0 Å². The summed E-state index contributed by atoms with van der Waals surface area (Å²) >= 11 is 0. The van der Waals surface area contributed by atoms with E-state index in [4.69, 9.17) is 11.5 Å². The number of phenols is 1. The second-order valence-electron chi connectivity index (χ2n) is 6.75. The number of para-hydroxylation sites is 1. The Morgan fingerprint density at radius 1 is 1.07 bits per heavy atom. The molecule has 0 saturated carbocycles. The Kier molecular flexibility index (Phi) is 6.96. The largest absolute Gasteiger partial charge is 0.508 e. The third-order valence-electron chi connectivity index (χ3n) is 4.73. The molecule has 3 unspecified atom stereocenters. The number of phenolic OH excluding ortho intramolecular Hbond substituents is 1. The smallest absolute Gasteiger partial charge is 0.244 e. The second kappa shape index (κ2) is 9.19. The van der Waals surface area contributed by atoms with E-state index in [1.807, 2.05) is 19.9 Å². The molecule has 2 rings (SSSR count). The molecule has 0 aliphatic carbocycles. The summed E-state index contributed by atoms with van der Waals surface area (Å²) in [7, 11) is 0. The quantitative estimate of drug-likeness (QED) is 0.662. The summed E-state index contributed by atoms with van der Waals surface area (Å²) in [6.07, 6.45) is 0.978. The topological polar surface area (TPSA) is 110 Å². The lowest BCUT2D eigenvalue weighted by atomic mass is 9.94. The number of aromatic hydroxyl groups is 1. The summed E-state index contributed by atoms with van der Waals surface area (Å²) in [6.45, 7) is 3.84. The van der Waals surface area contributed by atoms with Crippen molar-refractivity contribution in [2.24, 2.45) is 17.4 Å². The minimum atomic E-state index is -0.847. The standard InChI is InChI=1S/C21H27N3O3/c1-3-14(2)19(20(23)26)24(16-7-5-4-6-8-16)21(27)18(22)13-15-9-11-17(25)12-10-15/h4-12,14,18-19,25H,3,13,22H2,1-2H3,(H2,23,26). The van der Waals surface area contributed by atoms with Crippen LogP contribution in [0.25, 0.3) is 0 Å². The lowest BCUT2D eigenvalue weighted by Crippen LogP contribution is -2.56. The average molecular weight is 369 g/mol. The van der Waals surface area contributed by atoms with Gasteiger partial charge in [0.1, 0.15) is 11.8 Å². The van der Waals surface area contributed by atoms with Crippen molar-refractivity contribution in [3.63, 3.8) is 0 Å². The highest BCUT2D eigenvalue weighted by atomic mass is 16.3. The lowest BCUT2D eigenvalue weighted by Gasteiger charge is -2.35. The number of hydrogen-bond acceptors (Lipinski definition) is 4. The Labute approximate surface area is 159 Å². The Bertz CT molecular complexity index is 762. The summed E-state index contributed by atoms with van der Waals surface area (Å²) in [6, 6.07) is 13.9. The van der Waals surface area contributed by atoms with Crippen LogP contribution in [0, 0.1) is 5.92 Å². The second-order valence-corrected chi connectivity index (χ2v) is 6.75.